The van der Waals surface area contributed by atoms with Crippen LogP contribution in [0.1, 0.15) is 44.9 Å². The molecule has 1 fully saturated rings. The van der Waals surface area contributed by atoms with Crippen molar-refractivity contribution >= 4 is 31.6 Å². The molecule has 1 aromatic rings. The fourth-order valence-electron chi connectivity index (χ4n) is 2.62. The van der Waals surface area contributed by atoms with Gasteiger partial charge in [0.05, 0.1) is 5.69 Å². The first-order chi connectivity index (χ1) is 9.49. The number of benzene rings is 1. The fraction of sp³-hybridized carbons (Fsp3) is 0.571. The van der Waals surface area contributed by atoms with Crippen LogP contribution in [0.5, 0.6) is 0 Å². The van der Waals surface area contributed by atoms with Crippen LogP contribution in [0.15, 0.2) is 27.6 Å². The van der Waals surface area contributed by atoms with E-state index >= 15 is 0 Å². The summed E-state index contributed by atoms with van der Waals surface area (Å²) in [6.45, 7) is 0. The standard InChI is InChI=1S/C14H21BrN2O2S/c15-11-8-9-14(13(16)10-11)20(18,19)17-12-6-4-2-1-3-5-7-12/h8-10,12,17H,1-7,16H2. The molecule has 1 aromatic carbocycles. The lowest BCUT2D eigenvalue weighted by atomic mass is 9.97. The van der Waals surface area contributed by atoms with Gasteiger partial charge in [-0.15, -0.1) is 0 Å². The van der Waals surface area contributed by atoms with Gasteiger partial charge in [0.2, 0.25) is 10.0 Å². The van der Waals surface area contributed by atoms with Crippen molar-refractivity contribution in [3.8, 4) is 0 Å². The summed E-state index contributed by atoms with van der Waals surface area (Å²) in [4.78, 5) is 0.169. The van der Waals surface area contributed by atoms with Crippen molar-refractivity contribution in [1.82, 2.24) is 4.72 Å². The highest BCUT2D eigenvalue weighted by Crippen LogP contribution is 2.24. The molecule has 0 amide bonds. The Morgan fingerprint density at radius 1 is 1.10 bits per heavy atom. The largest absolute Gasteiger partial charge is 0.398 e. The third-order valence-corrected chi connectivity index (χ3v) is 5.78. The maximum atomic E-state index is 12.4. The lowest BCUT2D eigenvalue weighted by molar-refractivity contribution is 0.426. The van der Waals surface area contributed by atoms with Crippen molar-refractivity contribution < 1.29 is 8.42 Å². The van der Waals surface area contributed by atoms with Gasteiger partial charge in [0.15, 0.2) is 0 Å². The molecule has 6 heteroatoms. The summed E-state index contributed by atoms with van der Waals surface area (Å²) < 4.78 is 28.4. The third-order valence-electron chi connectivity index (χ3n) is 3.69. The first kappa shape index (κ1) is 15.8. The number of rotatable bonds is 3. The maximum absolute atomic E-state index is 12.4. The Balaban J connectivity index is 2.13. The number of sulfonamides is 1. The number of hydrogen-bond acceptors (Lipinski definition) is 3. The molecule has 0 heterocycles. The van der Waals surface area contributed by atoms with Crippen molar-refractivity contribution in [2.75, 3.05) is 5.73 Å². The van der Waals surface area contributed by atoms with Crippen LogP contribution in [0.25, 0.3) is 0 Å². The van der Waals surface area contributed by atoms with E-state index in [1.54, 1.807) is 18.2 Å². The quantitative estimate of drug-likeness (QED) is 0.811. The first-order valence-corrected chi connectivity index (χ1v) is 9.34. The molecule has 1 aliphatic carbocycles. The second-order valence-electron chi connectivity index (χ2n) is 5.35. The van der Waals surface area contributed by atoms with Crippen molar-refractivity contribution in [2.24, 2.45) is 0 Å². The second kappa shape index (κ2) is 6.91. The van der Waals surface area contributed by atoms with Gasteiger partial charge in [-0.2, -0.15) is 0 Å². The van der Waals surface area contributed by atoms with E-state index in [1.165, 1.54) is 19.3 Å². The van der Waals surface area contributed by atoms with Gasteiger partial charge in [-0.3, -0.25) is 0 Å². The van der Waals surface area contributed by atoms with E-state index in [9.17, 15) is 8.42 Å². The summed E-state index contributed by atoms with van der Waals surface area (Å²) in [6, 6.07) is 4.89. The molecular formula is C14H21BrN2O2S. The van der Waals surface area contributed by atoms with E-state index in [4.69, 9.17) is 5.73 Å². The van der Waals surface area contributed by atoms with Crippen molar-refractivity contribution in [3.63, 3.8) is 0 Å². The van der Waals surface area contributed by atoms with Gasteiger partial charge in [0.25, 0.3) is 0 Å². The van der Waals surface area contributed by atoms with Crippen LogP contribution in [-0.2, 0) is 10.0 Å². The van der Waals surface area contributed by atoms with Gasteiger partial charge < -0.3 is 5.73 Å². The molecule has 0 spiro atoms. The van der Waals surface area contributed by atoms with Crippen molar-refractivity contribution in [1.29, 1.82) is 0 Å². The van der Waals surface area contributed by atoms with Crippen LogP contribution in [0.2, 0.25) is 0 Å². The average Bonchev–Trinajstić information content (AvgIpc) is 2.31. The topological polar surface area (TPSA) is 72.2 Å². The Labute approximate surface area is 129 Å². The minimum atomic E-state index is -3.53. The zero-order valence-corrected chi connectivity index (χ0v) is 13.8. The van der Waals surface area contributed by atoms with Gasteiger partial charge in [0, 0.05) is 10.5 Å². The molecule has 1 aliphatic rings. The minimum absolute atomic E-state index is 0.0309. The Morgan fingerprint density at radius 3 is 2.30 bits per heavy atom. The SMILES string of the molecule is Nc1cc(Br)ccc1S(=O)(=O)NC1CCCCCCC1. The minimum Gasteiger partial charge on any atom is -0.398 e. The summed E-state index contributed by atoms with van der Waals surface area (Å²) in [6.07, 6.45) is 7.65. The summed E-state index contributed by atoms with van der Waals surface area (Å²) >= 11 is 3.29. The lowest BCUT2D eigenvalue weighted by Crippen LogP contribution is -2.35. The van der Waals surface area contributed by atoms with Crippen molar-refractivity contribution in [3.05, 3.63) is 22.7 Å². The van der Waals surface area contributed by atoms with E-state index in [1.807, 2.05) is 0 Å². The molecule has 4 nitrogen and oxygen atoms in total. The highest BCUT2D eigenvalue weighted by Gasteiger charge is 2.22. The van der Waals surface area contributed by atoms with Crippen LogP contribution in [-0.4, -0.2) is 14.5 Å². The van der Waals surface area contributed by atoms with E-state index in [0.29, 0.717) is 0 Å². The Morgan fingerprint density at radius 2 is 1.70 bits per heavy atom. The predicted molar refractivity (Wildman–Crippen MR) is 85.0 cm³/mol. The zero-order valence-electron chi connectivity index (χ0n) is 11.4. The second-order valence-corrected chi connectivity index (χ2v) is 7.94. The van der Waals surface area contributed by atoms with Crippen LogP contribution < -0.4 is 10.5 Å². The van der Waals surface area contributed by atoms with Crippen LogP contribution in [0.3, 0.4) is 0 Å². The highest BCUT2D eigenvalue weighted by molar-refractivity contribution is 9.10. The number of anilines is 1. The summed E-state index contributed by atoms with van der Waals surface area (Å²) in [5, 5.41) is 0. The average molecular weight is 361 g/mol. The summed E-state index contributed by atoms with van der Waals surface area (Å²) in [5.74, 6) is 0. The molecule has 0 atom stereocenters. The van der Waals surface area contributed by atoms with Crippen molar-refractivity contribution in [2.45, 2.75) is 55.9 Å². The third kappa shape index (κ3) is 4.20. The Kier molecular flexibility index (Phi) is 5.46. The molecule has 0 aromatic heterocycles. The smallest absolute Gasteiger partial charge is 0.242 e. The molecule has 112 valence electrons. The van der Waals surface area contributed by atoms with Gasteiger partial charge in [-0.1, -0.05) is 48.0 Å². The first-order valence-electron chi connectivity index (χ1n) is 7.06. The molecular weight excluding hydrogens is 340 g/mol. The van der Waals surface area contributed by atoms with Gasteiger partial charge in [-0.05, 0) is 31.0 Å². The van der Waals surface area contributed by atoms with E-state index in [-0.39, 0.29) is 16.6 Å². The normalized spacial score (nSPS) is 18.4. The molecule has 1 saturated carbocycles. The predicted octanol–water partition coefficient (Wildman–Crippen LogP) is 3.42. The zero-order chi connectivity index (χ0) is 14.6. The van der Waals surface area contributed by atoms with Gasteiger partial charge in [0.1, 0.15) is 4.90 Å². The molecule has 0 aliphatic heterocycles. The van der Waals surface area contributed by atoms with Crippen LogP contribution in [0, 0.1) is 0 Å². The van der Waals surface area contributed by atoms with E-state index in [2.05, 4.69) is 20.7 Å². The highest BCUT2D eigenvalue weighted by atomic mass is 79.9. The summed E-state index contributed by atoms with van der Waals surface area (Å²) in [7, 11) is -3.53. The monoisotopic (exact) mass is 360 g/mol. The fourth-order valence-corrected chi connectivity index (χ4v) is 4.42. The number of halogens is 1. The van der Waals surface area contributed by atoms with Gasteiger partial charge >= 0.3 is 0 Å². The molecule has 0 saturated heterocycles. The number of hydrogen-bond donors (Lipinski definition) is 2. The number of nitrogens with two attached hydrogens (primary N) is 1. The van der Waals surface area contributed by atoms with Gasteiger partial charge in [-0.25, -0.2) is 13.1 Å². The molecule has 0 radical (unpaired) electrons. The Hall–Kier alpha value is -0.590. The number of nitrogens with one attached hydrogen (secondary N) is 1. The van der Waals surface area contributed by atoms with E-state index in [0.717, 1.165) is 30.2 Å². The van der Waals surface area contributed by atoms with E-state index < -0.39 is 10.0 Å². The Bertz CT molecular complexity index is 552. The molecule has 20 heavy (non-hydrogen) atoms. The van der Waals surface area contributed by atoms with Crippen LogP contribution >= 0.6 is 15.9 Å². The number of nitrogen functional groups attached to an aromatic ring is 1. The summed E-state index contributed by atoms with van der Waals surface area (Å²) in [5.41, 5.74) is 6.09. The molecule has 2 rings (SSSR count). The van der Waals surface area contributed by atoms with Crippen LogP contribution in [0.4, 0.5) is 5.69 Å². The lowest BCUT2D eigenvalue weighted by Gasteiger charge is -2.21. The maximum Gasteiger partial charge on any atom is 0.242 e. The molecule has 3 N–H and O–H groups in total. The molecule has 0 unspecified atom stereocenters. The molecule has 0 bridgehead atoms.